The van der Waals surface area contributed by atoms with Crippen molar-refractivity contribution in [3.8, 4) is 5.75 Å². The average Bonchev–Trinajstić information content (AvgIpc) is 2.79. The maximum Gasteiger partial charge on any atom is 0.408 e. The van der Waals surface area contributed by atoms with Gasteiger partial charge < -0.3 is 14.9 Å². The summed E-state index contributed by atoms with van der Waals surface area (Å²) in [5, 5.41) is 14.2. The van der Waals surface area contributed by atoms with Gasteiger partial charge in [0.25, 0.3) is 0 Å². The lowest BCUT2D eigenvalue weighted by atomic mass is 10.1. The number of Topliss-reactive ketones (excluding diaryl/α,β-unsaturated/α-hetero) is 1. The summed E-state index contributed by atoms with van der Waals surface area (Å²) in [6, 6.07) is 4.86. The van der Waals surface area contributed by atoms with Gasteiger partial charge >= 0.3 is 5.82 Å². The molecular formula is C12H9BrClN3O4. The number of hydrogen-bond acceptors (Lipinski definition) is 5. The average molecular weight is 375 g/mol. The van der Waals surface area contributed by atoms with Crippen LogP contribution in [0.3, 0.4) is 0 Å². The van der Waals surface area contributed by atoms with Crippen LogP contribution in [0.25, 0.3) is 0 Å². The molecule has 0 bridgehead atoms. The standard InChI is InChI=1S/C12H9BrClN3O4/c1-21-11-3-2-7(4-8(11)13)10(18)6-16-5-9(14)12(15-16)17(19)20/h2-5H,6H2,1H3. The lowest BCUT2D eigenvalue weighted by molar-refractivity contribution is -0.389. The Balaban J connectivity index is 2.20. The maximum atomic E-state index is 12.1. The Kier molecular flexibility index (Phi) is 4.59. The van der Waals surface area contributed by atoms with E-state index in [1.807, 2.05) is 0 Å². The zero-order valence-corrected chi connectivity index (χ0v) is 13.1. The summed E-state index contributed by atoms with van der Waals surface area (Å²) in [5.74, 6) is -0.128. The minimum absolute atomic E-state index is 0.108. The van der Waals surface area contributed by atoms with Crippen LogP contribution in [0.5, 0.6) is 5.75 Å². The van der Waals surface area contributed by atoms with Crippen LogP contribution in [0.1, 0.15) is 10.4 Å². The Hall–Kier alpha value is -1.93. The quantitative estimate of drug-likeness (QED) is 0.456. The molecule has 0 atom stereocenters. The predicted molar refractivity (Wildman–Crippen MR) is 78.9 cm³/mol. The van der Waals surface area contributed by atoms with Crippen LogP contribution in [-0.4, -0.2) is 27.6 Å². The van der Waals surface area contributed by atoms with Crippen molar-refractivity contribution in [2.75, 3.05) is 7.11 Å². The fourth-order valence-electron chi connectivity index (χ4n) is 1.67. The van der Waals surface area contributed by atoms with Gasteiger partial charge in [-0.15, -0.1) is 0 Å². The van der Waals surface area contributed by atoms with Gasteiger partial charge in [-0.3, -0.25) is 4.79 Å². The Morgan fingerprint density at radius 1 is 1.57 bits per heavy atom. The molecule has 1 aromatic heterocycles. The van der Waals surface area contributed by atoms with Crippen molar-refractivity contribution in [2.24, 2.45) is 0 Å². The van der Waals surface area contributed by atoms with E-state index in [0.717, 1.165) is 4.68 Å². The molecule has 0 spiro atoms. The molecule has 7 nitrogen and oxygen atoms in total. The normalized spacial score (nSPS) is 10.4. The van der Waals surface area contributed by atoms with E-state index >= 15 is 0 Å². The second kappa shape index (κ2) is 6.23. The van der Waals surface area contributed by atoms with Gasteiger partial charge in [0, 0.05) is 5.56 Å². The molecule has 0 saturated heterocycles. The molecule has 0 aliphatic rings. The maximum absolute atomic E-state index is 12.1. The minimum atomic E-state index is -0.701. The Labute approximate surface area is 132 Å². The highest BCUT2D eigenvalue weighted by molar-refractivity contribution is 9.10. The van der Waals surface area contributed by atoms with Crippen molar-refractivity contribution >= 4 is 39.1 Å². The van der Waals surface area contributed by atoms with E-state index in [9.17, 15) is 14.9 Å². The number of carbonyl (C=O) groups is 1. The Morgan fingerprint density at radius 3 is 2.81 bits per heavy atom. The van der Waals surface area contributed by atoms with Crippen molar-refractivity contribution in [1.82, 2.24) is 9.78 Å². The minimum Gasteiger partial charge on any atom is -0.496 e. The van der Waals surface area contributed by atoms with Gasteiger partial charge in [-0.05, 0) is 39.1 Å². The van der Waals surface area contributed by atoms with Crippen LogP contribution in [0.4, 0.5) is 5.82 Å². The summed E-state index contributed by atoms with van der Waals surface area (Å²) >= 11 is 8.96. The van der Waals surface area contributed by atoms with Gasteiger partial charge in [-0.1, -0.05) is 11.6 Å². The molecule has 0 aliphatic heterocycles. The molecule has 0 unspecified atom stereocenters. The largest absolute Gasteiger partial charge is 0.496 e. The van der Waals surface area contributed by atoms with Crippen molar-refractivity contribution in [2.45, 2.75) is 6.54 Å². The van der Waals surface area contributed by atoms with Crippen molar-refractivity contribution in [1.29, 1.82) is 0 Å². The van der Waals surface area contributed by atoms with Gasteiger partial charge in [-0.25, -0.2) is 0 Å². The van der Waals surface area contributed by atoms with E-state index in [0.29, 0.717) is 15.8 Å². The predicted octanol–water partition coefficient (Wildman–Crippen LogP) is 3.10. The lowest BCUT2D eigenvalue weighted by Crippen LogP contribution is -2.11. The van der Waals surface area contributed by atoms with E-state index < -0.39 is 10.7 Å². The molecule has 0 saturated carbocycles. The summed E-state index contributed by atoms with van der Waals surface area (Å²) in [7, 11) is 1.52. The molecule has 110 valence electrons. The van der Waals surface area contributed by atoms with Gasteiger partial charge in [0.05, 0.1) is 22.9 Å². The first kappa shape index (κ1) is 15.5. The molecule has 9 heteroatoms. The third-order valence-electron chi connectivity index (χ3n) is 2.65. The highest BCUT2D eigenvalue weighted by Gasteiger charge is 2.21. The second-order valence-electron chi connectivity index (χ2n) is 4.03. The summed E-state index contributed by atoms with van der Waals surface area (Å²) in [6.45, 7) is -0.146. The molecule has 21 heavy (non-hydrogen) atoms. The third-order valence-corrected chi connectivity index (χ3v) is 3.54. The van der Waals surface area contributed by atoms with Crippen LogP contribution < -0.4 is 4.74 Å². The SMILES string of the molecule is COc1ccc(C(=O)Cn2cc(Cl)c([N+](=O)[O-])n2)cc1Br. The smallest absolute Gasteiger partial charge is 0.408 e. The van der Waals surface area contributed by atoms with Gasteiger partial charge in [0.1, 0.15) is 12.3 Å². The van der Waals surface area contributed by atoms with Crippen LogP contribution >= 0.6 is 27.5 Å². The third kappa shape index (κ3) is 3.40. The first-order valence-corrected chi connectivity index (χ1v) is 6.83. The lowest BCUT2D eigenvalue weighted by Gasteiger charge is -2.05. The summed E-state index contributed by atoms with van der Waals surface area (Å²) in [6.07, 6.45) is 1.25. The zero-order valence-electron chi connectivity index (χ0n) is 10.7. The number of ether oxygens (including phenoxy) is 1. The number of methoxy groups -OCH3 is 1. The number of ketones is 1. The fourth-order valence-corrected chi connectivity index (χ4v) is 2.43. The van der Waals surface area contributed by atoms with Crippen molar-refractivity contribution in [3.63, 3.8) is 0 Å². The number of rotatable bonds is 5. The molecule has 0 fully saturated rings. The number of nitrogens with zero attached hydrogens (tertiary/aromatic N) is 3. The fraction of sp³-hybridized carbons (Fsp3) is 0.167. The topological polar surface area (TPSA) is 87.3 Å². The van der Waals surface area contributed by atoms with Gasteiger partial charge in [-0.2, -0.15) is 4.68 Å². The molecule has 1 heterocycles. The highest BCUT2D eigenvalue weighted by Crippen LogP contribution is 2.26. The first-order chi connectivity index (χ1) is 9.92. The Bertz CT molecular complexity index is 717. The number of aromatic nitrogens is 2. The molecule has 0 amide bonds. The Morgan fingerprint density at radius 2 is 2.29 bits per heavy atom. The number of benzene rings is 1. The van der Waals surface area contributed by atoms with Gasteiger partial charge in [0.15, 0.2) is 10.8 Å². The van der Waals surface area contributed by atoms with E-state index in [1.54, 1.807) is 18.2 Å². The van der Waals surface area contributed by atoms with Crippen LogP contribution in [-0.2, 0) is 6.54 Å². The van der Waals surface area contributed by atoms with Crippen LogP contribution in [0.15, 0.2) is 28.9 Å². The van der Waals surface area contributed by atoms with Crippen LogP contribution in [0.2, 0.25) is 5.02 Å². The highest BCUT2D eigenvalue weighted by atomic mass is 79.9. The zero-order chi connectivity index (χ0) is 15.6. The van der Waals surface area contributed by atoms with E-state index in [1.165, 1.54) is 13.3 Å². The summed E-state index contributed by atoms with van der Waals surface area (Å²) < 4.78 is 6.85. The summed E-state index contributed by atoms with van der Waals surface area (Å²) in [5.41, 5.74) is 0.428. The number of halogens is 2. The van der Waals surface area contributed by atoms with E-state index in [-0.39, 0.29) is 17.4 Å². The van der Waals surface area contributed by atoms with Gasteiger partial charge in [0.2, 0.25) is 0 Å². The molecule has 1 aromatic carbocycles. The van der Waals surface area contributed by atoms with Crippen LogP contribution in [0, 0.1) is 10.1 Å². The first-order valence-electron chi connectivity index (χ1n) is 5.66. The van der Waals surface area contributed by atoms with E-state index in [4.69, 9.17) is 16.3 Å². The number of carbonyl (C=O) groups excluding carboxylic acids is 1. The molecular weight excluding hydrogens is 366 g/mol. The molecule has 0 aliphatic carbocycles. The molecule has 0 radical (unpaired) electrons. The molecule has 2 rings (SSSR count). The van der Waals surface area contributed by atoms with Crippen molar-refractivity contribution < 1.29 is 14.5 Å². The summed E-state index contributed by atoms with van der Waals surface area (Å²) in [4.78, 5) is 22.1. The van der Waals surface area contributed by atoms with E-state index in [2.05, 4.69) is 21.0 Å². The monoisotopic (exact) mass is 373 g/mol. The number of nitro groups is 1. The molecule has 2 aromatic rings. The molecule has 0 N–H and O–H groups in total. The van der Waals surface area contributed by atoms with Crippen molar-refractivity contribution in [3.05, 3.63) is 49.6 Å². The number of hydrogen-bond donors (Lipinski definition) is 0. The second-order valence-corrected chi connectivity index (χ2v) is 5.29.